The van der Waals surface area contributed by atoms with E-state index in [2.05, 4.69) is 22.2 Å². The smallest absolute Gasteiger partial charge is 0.222 e. The molecule has 0 saturated carbocycles. The fourth-order valence-electron chi connectivity index (χ4n) is 2.00. The second-order valence-corrected chi connectivity index (χ2v) is 4.41. The Labute approximate surface area is 100 Å². The van der Waals surface area contributed by atoms with Crippen LogP contribution in [0.1, 0.15) is 19.8 Å². The minimum atomic E-state index is 0.375. The summed E-state index contributed by atoms with van der Waals surface area (Å²) < 4.78 is 5.62. The Morgan fingerprint density at radius 3 is 2.94 bits per heavy atom. The molecule has 1 fully saturated rings. The summed E-state index contributed by atoms with van der Waals surface area (Å²) in [5, 5.41) is 3.77. The van der Waals surface area contributed by atoms with Gasteiger partial charge in [0.05, 0.1) is 23.5 Å². The van der Waals surface area contributed by atoms with Gasteiger partial charge in [-0.3, -0.25) is 0 Å². The molecule has 16 heavy (non-hydrogen) atoms. The second kappa shape index (κ2) is 5.46. The number of anilines is 1. The summed E-state index contributed by atoms with van der Waals surface area (Å²) in [5.74, 6) is 1.19. The van der Waals surface area contributed by atoms with E-state index in [1.165, 1.54) is 0 Å². The molecule has 0 aliphatic carbocycles. The van der Waals surface area contributed by atoms with Crippen LogP contribution in [0, 0.1) is 5.92 Å². The third-order valence-corrected chi connectivity index (χ3v) is 3.09. The first kappa shape index (κ1) is 11.6. The molecule has 1 aliphatic heterocycles. The zero-order chi connectivity index (χ0) is 11.4. The van der Waals surface area contributed by atoms with E-state index < -0.39 is 0 Å². The summed E-state index contributed by atoms with van der Waals surface area (Å²) in [7, 11) is 0. The van der Waals surface area contributed by atoms with Crippen LogP contribution < -0.4 is 5.32 Å². The predicted molar refractivity (Wildman–Crippen MR) is 63.7 cm³/mol. The highest BCUT2D eigenvalue weighted by atomic mass is 35.5. The maximum atomic E-state index is 5.71. The standard InChI is InChI=1S/C11H16ClN3O/c1-2-10-8(3-4-16-10)5-13-11-14-6-9(12)7-15-11/h6-8,10H,2-5H2,1H3,(H,13,14,15). The Bertz CT molecular complexity index is 331. The van der Waals surface area contributed by atoms with Gasteiger partial charge in [0.2, 0.25) is 5.95 Å². The molecule has 0 spiro atoms. The molecule has 88 valence electrons. The molecular weight excluding hydrogens is 226 g/mol. The summed E-state index contributed by atoms with van der Waals surface area (Å²) >= 11 is 5.71. The molecule has 2 heterocycles. The summed E-state index contributed by atoms with van der Waals surface area (Å²) in [5.41, 5.74) is 0. The number of halogens is 1. The normalized spacial score (nSPS) is 24.6. The molecule has 2 unspecified atom stereocenters. The van der Waals surface area contributed by atoms with Gasteiger partial charge in [-0.1, -0.05) is 18.5 Å². The third-order valence-electron chi connectivity index (χ3n) is 2.89. The second-order valence-electron chi connectivity index (χ2n) is 3.97. The molecular formula is C11H16ClN3O. The minimum absolute atomic E-state index is 0.375. The highest BCUT2D eigenvalue weighted by Gasteiger charge is 2.26. The zero-order valence-corrected chi connectivity index (χ0v) is 10.1. The molecule has 2 rings (SSSR count). The Morgan fingerprint density at radius 2 is 2.25 bits per heavy atom. The Morgan fingerprint density at radius 1 is 1.50 bits per heavy atom. The third kappa shape index (κ3) is 2.83. The number of nitrogens with zero attached hydrogens (tertiary/aromatic N) is 2. The average Bonchev–Trinajstić information content (AvgIpc) is 2.76. The molecule has 2 atom stereocenters. The summed E-state index contributed by atoms with van der Waals surface area (Å²) in [6.45, 7) is 3.88. The lowest BCUT2D eigenvalue weighted by atomic mass is 10.00. The monoisotopic (exact) mass is 241 g/mol. The number of hydrogen-bond acceptors (Lipinski definition) is 4. The minimum Gasteiger partial charge on any atom is -0.378 e. The van der Waals surface area contributed by atoms with Crippen LogP contribution in [0.2, 0.25) is 5.02 Å². The van der Waals surface area contributed by atoms with Crippen LogP contribution in [-0.4, -0.2) is 29.2 Å². The van der Waals surface area contributed by atoms with Crippen molar-refractivity contribution in [3.8, 4) is 0 Å². The maximum absolute atomic E-state index is 5.71. The van der Waals surface area contributed by atoms with Gasteiger partial charge >= 0.3 is 0 Å². The molecule has 1 aromatic rings. The van der Waals surface area contributed by atoms with Crippen LogP contribution in [-0.2, 0) is 4.74 Å². The lowest BCUT2D eigenvalue weighted by Crippen LogP contribution is -2.23. The van der Waals surface area contributed by atoms with Gasteiger partial charge in [-0.25, -0.2) is 9.97 Å². The van der Waals surface area contributed by atoms with Gasteiger partial charge in [-0.15, -0.1) is 0 Å². The van der Waals surface area contributed by atoms with Crippen molar-refractivity contribution in [3.63, 3.8) is 0 Å². The Hall–Kier alpha value is -0.870. The molecule has 4 nitrogen and oxygen atoms in total. The summed E-state index contributed by atoms with van der Waals surface area (Å²) in [6, 6.07) is 0. The molecule has 1 N–H and O–H groups in total. The number of aromatic nitrogens is 2. The van der Waals surface area contributed by atoms with E-state index in [4.69, 9.17) is 16.3 Å². The Balaban J connectivity index is 1.85. The van der Waals surface area contributed by atoms with Crippen LogP contribution in [0.25, 0.3) is 0 Å². The quantitative estimate of drug-likeness (QED) is 0.879. The van der Waals surface area contributed by atoms with E-state index >= 15 is 0 Å². The summed E-state index contributed by atoms with van der Waals surface area (Å²) in [6.07, 6.45) is 5.74. The van der Waals surface area contributed by atoms with E-state index in [9.17, 15) is 0 Å². The molecule has 0 amide bonds. The van der Waals surface area contributed by atoms with Gasteiger partial charge in [-0.2, -0.15) is 0 Å². The first-order valence-electron chi connectivity index (χ1n) is 5.62. The largest absolute Gasteiger partial charge is 0.378 e. The number of rotatable bonds is 4. The number of ether oxygens (including phenoxy) is 1. The lowest BCUT2D eigenvalue weighted by Gasteiger charge is -2.16. The lowest BCUT2D eigenvalue weighted by molar-refractivity contribution is 0.0900. The van der Waals surface area contributed by atoms with Crippen LogP contribution in [0.3, 0.4) is 0 Å². The van der Waals surface area contributed by atoms with Crippen LogP contribution in [0.15, 0.2) is 12.4 Å². The van der Waals surface area contributed by atoms with E-state index in [0.717, 1.165) is 26.0 Å². The number of nitrogens with one attached hydrogen (secondary N) is 1. The molecule has 1 aromatic heterocycles. The van der Waals surface area contributed by atoms with Crippen molar-refractivity contribution >= 4 is 17.5 Å². The van der Waals surface area contributed by atoms with E-state index in [-0.39, 0.29) is 0 Å². The van der Waals surface area contributed by atoms with Crippen molar-refractivity contribution < 1.29 is 4.74 Å². The first-order chi connectivity index (χ1) is 7.79. The van der Waals surface area contributed by atoms with Gasteiger partial charge in [0.1, 0.15) is 0 Å². The van der Waals surface area contributed by atoms with E-state index in [1.54, 1.807) is 12.4 Å². The van der Waals surface area contributed by atoms with Crippen LogP contribution >= 0.6 is 11.6 Å². The fourth-order valence-corrected chi connectivity index (χ4v) is 2.10. The first-order valence-corrected chi connectivity index (χ1v) is 6.00. The van der Waals surface area contributed by atoms with Crippen molar-refractivity contribution in [2.75, 3.05) is 18.5 Å². The average molecular weight is 242 g/mol. The highest BCUT2D eigenvalue weighted by Crippen LogP contribution is 2.23. The topological polar surface area (TPSA) is 47.0 Å². The Kier molecular flexibility index (Phi) is 3.96. The summed E-state index contributed by atoms with van der Waals surface area (Å²) in [4.78, 5) is 8.19. The van der Waals surface area contributed by atoms with Crippen molar-refractivity contribution in [1.82, 2.24) is 9.97 Å². The SMILES string of the molecule is CCC1OCCC1CNc1ncc(Cl)cn1. The van der Waals surface area contributed by atoms with Gasteiger partial charge in [0.25, 0.3) is 0 Å². The van der Waals surface area contributed by atoms with Crippen LogP contribution in [0.4, 0.5) is 5.95 Å². The molecule has 1 aliphatic rings. The molecule has 0 radical (unpaired) electrons. The van der Waals surface area contributed by atoms with Gasteiger partial charge in [0.15, 0.2) is 0 Å². The zero-order valence-electron chi connectivity index (χ0n) is 9.32. The van der Waals surface area contributed by atoms with Gasteiger partial charge in [0, 0.05) is 19.1 Å². The van der Waals surface area contributed by atoms with Crippen molar-refractivity contribution in [2.45, 2.75) is 25.9 Å². The molecule has 1 saturated heterocycles. The van der Waals surface area contributed by atoms with Crippen LogP contribution in [0.5, 0.6) is 0 Å². The molecule has 0 bridgehead atoms. The number of hydrogen-bond donors (Lipinski definition) is 1. The van der Waals surface area contributed by atoms with Crippen molar-refractivity contribution in [3.05, 3.63) is 17.4 Å². The fraction of sp³-hybridized carbons (Fsp3) is 0.636. The van der Waals surface area contributed by atoms with Crippen molar-refractivity contribution in [1.29, 1.82) is 0 Å². The predicted octanol–water partition coefficient (Wildman–Crippen LogP) is 2.36. The van der Waals surface area contributed by atoms with E-state index in [0.29, 0.717) is 23.0 Å². The van der Waals surface area contributed by atoms with Crippen molar-refractivity contribution in [2.24, 2.45) is 5.92 Å². The molecule has 5 heteroatoms. The van der Waals surface area contributed by atoms with E-state index in [1.807, 2.05) is 0 Å². The highest BCUT2D eigenvalue weighted by molar-refractivity contribution is 6.30. The van der Waals surface area contributed by atoms with Gasteiger partial charge in [-0.05, 0) is 12.8 Å². The van der Waals surface area contributed by atoms with Gasteiger partial charge < -0.3 is 10.1 Å². The maximum Gasteiger partial charge on any atom is 0.222 e. The molecule has 0 aromatic carbocycles.